The van der Waals surface area contributed by atoms with Crippen molar-refractivity contribution >= 4 is 71.6 Å². The molecule has 0 N–H and O–H groups in total. The monoisotopic (exact) mass is 778 g/mol. The van der Waals surface area contributed by atoms with Crippen molar-refractivity contribution in [2.45, 2.75) is 0 Å². The second kappa shape index (κ2) is 14.3. The molecule has 3 nitrogen and oxygen atoms in total. The van der Waals surface area contributed by atoms with E-state index in [0.29, 0.717) is 0 Å². The molecule has 2 aromatic heterocycles. The molecule has 61 heavy (non-hydrogen) atoms. The molecule has 12 aromatic rings. The first-order chi connectivity index (χ1) is 30.3. The maximum Gasteiger partial charge on any atom is 0.143 e. The predicted molar refractivity (Wildman–Crippen MR) is 257 cm³/mol. The van der Waals surface area contributed by atoms with Crippen LogP contribution in [-0.4, -0.2) is 4.57 Å². The Morgan fingerprint density at radius 3 is 1.56 bits per heavy atom. The van der Waals surface area contributed by atoms with Gasteiger partial charge in [0.15, 0.2) is 0 Å². The molecule has 0 spiro atoms. The summed E-state index contributed by atoms with van der Waals surface area (Å²) in [5.74, 6) is 0. The summed E-state index contributed by atoms with van der Waals surface area (Å²) in [5, 5.41) is 7.03. The highest BCUT2D eigenvalue weighted by Gasteiger charge is 2.21. The van der Waals surface area contributed by atoms with Crippen molar-refractivity contribution in [3.8, 4) is 39.1 Å². The minimum atomic E-state index is 0.905. The van der Waals surface area contributed by atoms with Crippen LogP contribution >= 0.6 is 0 Å². The summed E-state index contributed by atoms with van der Waals surface area (Å²) in [5.41, 5.74) is 15.6. The molecule has 0 bridgehead atoms. The van der Waals surface area contributed by atoms with E-state index in [1.165, 1.54) is 38.5 Å². The average Bonchev–Trinajstić information content (AvgIpc) is 3.89. The van der Waals surface area contributed by atoms with Gasteiger partial charge in [0.2, 0.25) is 0 Å². The normalized spacial score (nSPS) is 11.6. The molecule has 0 saturated heterocycles. The van der Waals surface area contributed by atoms with Crippen molar-refractivity contribution in [1.82, 2.24) is 4.57 Å². The van der Waals surface area contributed by atoms with Gasteiger partial charge in [0.05, 0.1) is 22.4 Å². The van der Waals surface area contributed by atoms with E-state index in [2.05, 4.69) is 234 Å². The van der Waals surface area contributed by atoms with Crippen LogP contribution in [0.2, 0.25) is 0 Å². The highest BCUT2D eigenvalue weighted by atomic mass is 16.3. The zero-order chi connectivity index (χ0) is 40.3. The molecule has 286 valence electrons. The van der Waals surface area contributed by atoms with Crippen LogP contribution < -0.4 is 4.90 Å². The Balaban J connectivity index is 1.02. The maximum absolute atomic E-state index is 6.53. The lowest BCUT2D eigenvalue weighted by Gasteiger charge is -2.28. The van der Waals surface area contributed by atoms with E-state index in [1.807, 2.05) is 6.07 Å². The van der Waals surface area contributed by atoms with Crippen LogP contribution in [0.5, 0.6) is 0 Å². The molecule has 0 amide bonds. The molecule has 0 radical (unpaired) electrons. The van der Waals surface area contributed by atoms with Crippen molar-refractivity contribution in [1.29, 1.82) is 0 Å². The fourth-order valence-corrected chi connectivity index (χ4v) is 9.42. The van der Waals surface area contributed by atoms with Gasteiger partial charge in [0.25, 0.3) is 0 Å². The van der Waals surface area contributed by atoms with Crippen LogP contribution in [0.4, 0.5) is 17.1 Å². The molecule has 0 atom stereocenters. The van der Waals surface area contributed by atoms with Crippen molar-refractivity contribution in [3.63, 3.8) is 0 Å². The van der Waals surface area contributed by atoms with Gasteiger partial charge in [-0.1, -0.05) is 170 Å². The van der Waals surface area contributed by atoms with Gasteiger partial charge in [-0.15, -0.1) is 0 Å². The number of nitrogens with zero attached hydrogens (tertiary/aromatic N) is 2. The summed E-state index contributed by atoms with van der Waals surface area (Å²) < 4.78 is 8.94. The molecule has 0 fully saturated rings. The molecule has 3 heteroatoms. The lowest BCUT2D eigenvalue weighted by Crippen LogP contribution is -2.11. The summed E-state index contributed by atoms with van der Waals surface area (Å²) in [6.07, 6.45) is 0. The molecule has 0 unspecified atom stereocenters. The molecule has 12 rings (SSSR count). The number of benzene rings is 10. The summed E-state index contributed by atoms with van der Waals surface area (Å²) in [6, 6.07) is 82.9. The first kappa shape index (κ1) is 34.9. The van der Waals surface area contributed by atoms with E-state index in [0.717, 1.165) is 72.2 Å². The van der Waals surface area contributed by atoms with Crippen LogP contribution in [0.15, 0.2) is 235 Å². The summed E-state index contributed by atoms with van der Waals surface area (Å²) >= 11 is 0. The minimum Gasteiger partial charge on any atom is -0.455 e. The van der Waals surface area contributed by atoms with Crippen LogP contribution in [0, 0.1) is 0 Å². The maximum atomic E-state index is 6.53. The van der Waals surface area contributed by atoms with Gasteiger partial charge in [-0.25, -0.2) is 0 Å². The molecule has 0 saturated carbocycles. The third-order valence-electron chi connectivity index (χ3n) is 12.2. The van der Waals surface area contributed by atoms with Crippen molar-refractivity contribution < 1.29 is 4.42 Å². The predicted octanol–water partition coefficient (Wildman–Crippen LogP) is 16.3. The van der Waals surface area contributed by atoms with E-state index < -0.39 is 0 Å². The molecule has 10 aromatic carbocycles. The van der Waals surface area contributed by atoms with Crippen LogP contribution in [0.1, 0.15) is 0 Å². The first-order valence-corrected chi connectivity index (χ1v) is 20.8. The van der Waals surface area contributed by atoms with Crippen LogP contribution in [0.25, 0.3) is 93.6 Å². The lowest BCUT2D eigenvalue weighted by molar-refractivity contribution is 0.672. The third kappa shape index (κ3) is 5.74. The quantitative estimate of drug-likeness (QED) is 0.161. The number of aromatic nitrogens is 1. The highest BCUT2D eigenvalue weighted by molar-refractivity contribution is 6.18. The van der Waals surface area contributed by atoms with Gasteiger partial charge in [-0.05, 0) is 88.3 Å². The molecular weight excluding hydrogens is 741 g/mol. The van der Waals surface area contributed by atoms with Crippen LogP contribution in [-0.2, 0) is 0 Å². The number of furan rings is 1. The Hall–Kier alpha value is -8.14. The molecule has 0 aliphatic rings. The van der Waals surface area contributed by atoms with Crippen LogP contribution in [0.3, 0.4) is 0 Å². The Kier molecular flexibility index (Phi) is 8.17. The molecule has 0 aliphatic heterocycles. The molecular formula is C58H38N2O. The highest BCUT2D eigenvalue weighted by Crippen LogP contribution is 2.45. The van der Waals surface area contributed by atoms with Gasteiger partial charge < -0.3 is 13.9 Å². The summed E-state index contributed by atoms with van der Waals surface area (Å²) in [7, 11) is 0. The van der Waals surface area contributed by atoms with E-state index in [9.17, 15) is 0 Å². The van der Waals surface area contributed by atoms with E-state index in [4.69, 9.17) is 4.42 Å². The number of para-hydroxylation sites is 5. The van der Waals surface area contributed by atoms with Crippen molar-refractivity contribution in [2.75, 3.05) is 4.90 Å². The lowest BCUT2D eigenvalue weighted by atomic mass is 9.94. The van der Waals surface area contributed by atoms with E-state index >= 15 is 0 Å². The Morgan fingerprint density at radius 1 is 0.311 bits per heavy atom. The fraction of sp³-hybridized carbons (Fsp3) is 0. The van der Waals surface area contributed by atoms with Crippen molar-refractivity contribution in [2.24, 2.45) is 0 Å². The van der Waals surface area contributed by atoms with Gasteiger partial charge in [-0.2, -0.15) is 0 Å². The van der Waals surface area contributed by atoms with Gasteiger partial charge in [-0.3, -0.25) is 0 Å². The Bertz CT molecular complexity index is 3520. The number of anilines is 3. The third-order valence-corrected chi connectivity index (χ3v) is 12.2. The number of fused-ring (bicyclic) bond motifs is 8. The summed E-state index contributed by atoms with van der Waals surface area (Å²) in [6.45, 7) is 0. The smallest absolute Gasteiger partial charge is 0.143 e. The number of rotatable bonds is 7. The zero-order valence-electron chi connectivity index (χ0n) is 33.2. The fourth-order valence-electron chi connectivity index (χ4n) is 9.42. The topological polar surface area (TPSA) is 21.3 Å². The SMILES string of the molecule is c1ccc(-c2ccc(N(c3ccc(-c4ccccc4-n4c5ccccc5c5ccccc54)cc3)c3ccccc3-c3cccc4c3ccc3c5ccccc5oc43)cc2)cc1. The number of hydrogen-bond donors (Lipinski definition) is 0. The number of hydrogen-bond acceptors (Lipinski definition) is 2. The Morgan fingerprint density at radius 2 is 0.820 bits per heavy atom. The second-order valence-electron chi connectivity index (χ2n) is 15.6. The minimum absolute atomic E-state index is 0.905. The zero-order valence-corrected chi connectivity index (χ0v) is 33.2. The van der Waals surface area contributed by atoms with E-state index in [1.54, 1.807) is 0 Å². The molecule has 0 aliphatic carbocycles. The second-order valence-corrected chi connectivity index (χ2v) is 15.6. The average molecular weight is 779 g/mol. The van der Waals surface area contributed by atoms with Gasteiger partial charge in [0.1, 0.15) is 11.2 Å². The van der Waals surface area contributed by atoms with Crippen molar-refractivity contribution in [3.05, 3.63) is 231 Å². The standard InChI is InChI=1S/C58H38N2O/c1-2-15-39(16-3-1)40-29-33-42(34-30-40)59(54-25-10-5-18-47(54)45-22-14-23-51-46(45)37-38-52-50-21-8-13-28-57(50)61-58(51)52)43-35-31-41(32-36-43)44-17-4-9-24-53(44)60-55-26-11-6-19-48(55)49-20-7-12-27-56(49)60/h1-38H. The van der Waals surface area contributed by atoms with E-state index in [-0.39, 0.29) is 0 Å². The largest absolute Gasteiger partial charge is 0.455 e. The Labute approximate surface area is 353 Å². The van der Waals surface area contributed by atoms with Gasteiger partial charge in [0, 0.05) is 49.4 Å². The first-order valence-electron chi connectivity index (χ1n) is 20.8. The van der Waals surface area contributed by atoms with Gasteiger partial charge >= 0.3 is 0 Å². The summed E-state index contributed by atoms with van der Waals surface area (Å²) in [4.78, 5) is 2.39. The molecule has 2 heterocycles.